The fourth-order valence-corrected chi connectivity index (χ4v) is 2.73. The van der Waals surface area contributed by atoms with Gasteiger partial charge in [0.25, 0.3) is 0 Å². The highest BCUT2D eigenvalue weighted by atomic mass is 16.1. The Labute approximate surface area is 97.0 Å². The average Bonchev–Trinajstić information content (AvgIpc) is 2.44. The van der Waals surface area contributed by atoms with Gasteiger partial charge in [-0.25, -0.2) is 0 Å². The van der Waals surface area contributed by atoms with Gasteiger partial charge in [-0.2, -0.15) is 5.10 Å². The molecule has 1 aliphatic carbocycles. The van der Waals surface area contributed by atoms with Gasteiger partial charge < -0.3 is 5.43 Å². The molecule has 0 radical (unpaired) electrons. The third kappa shape index (κ3) is 2.04. The number of hydrazone groups is 1. The molecule has 0 spiro atoms. The number of nitrogens with one attached hydrogen (secondary N) is 1. The third-order valence-electron chi connectivity index (χ3n) is 3.29. The van der Waals surface area contributed by atoms with Gasteiger partial charge in [-0.1, -0.05) is 19.4 Å². The van der Waals surface area contributed by atoms with E-state index in [2.05, 4.69) is 24.4 Å². The normalized spacial score (nSPS) is 31.5. The summed E-state index contributed by atoms with van der Waals surface area (Å²) in [6, 6.07) is 0.210. The Morgan fingerprint density at radius 3 is 2.81 bits per heavy atom. The molecule has 1 aliphatic heterocycles. The van der Waals surface area contributed by atoms with Gasteiger partial charge in [0.2, 0.25) is 0 Å². The van der Waals surface area contributed by atoms with Crippen molar-refractivity contribution in [1.82, 2.24) is 5.43 Å². The first-order valence-corrected chi connectivity index (χ1v) is 5.90. The van der Waals surface area contributed by atoms with Crippen LogP contribution in [0.25, 0.3) is 0 Å². The molecule has 2 aliphatic rings. The standard InChI is InChI=1S/C13H20N2O/c1-8(2)5-9-12-10(15-14-9)6-13(3,4)7-11(12)16/h5,10,12,15H,6-7H2,1-4H3/t10-,12-/m0/s1. The summed E-state index contributed by atoms with van der Waals surface area (Å²) in [5.41, 5.74) is 5.35. The van der Waals surface area contributed by atoms with Crippen LogP contribution in [0.2, 0.25) is 0 Å². The Morgan fingerprint density at radius 1 is 1.50 bits per heavy atom. The molecule has 1 saturated carbocycles. The maximum absolute atomic E-state index is 12.1. The van der Waals surface area contributed by atoms with E-state index in [1.807, 2.05) is 19.9 Å². The lowest BCUT2D eigenvalue weighted by molar-refractivity contribution is -0.126. The van der Waals surface area contributed by atoms with E-state index in [0.29, 0.717) is 12.2 Å². The summed E-state index contributed by atoms with van der Waals surface area (Å²) in [7, 11) is 0. The minimum Gasteiger partial charge on any atom is -0.306 e. The van der Waals surface area contributed by atoms with Crippen molar-refractivity contribution in [2.45, 2.75) is 46.6 Å². The molecule has 1 heterocycles. The van der Waals surface area contributed by atoms with Crippen molar-refractivity contribution in [3.8, 4) is 0 Å². The minimum absolute atomic E-state index is 0.0112. The van der Waals surface area contributed by atoms with E-state index in [4.69, 9.17) is 0 Å². The second-order valence-electron chi connectivity index (χ2n) is 5.98. The Kier molecular flexibility index (Phi) is 2.64. The molecule has 2 rings (SSSR count). The number of Topliss-reactive ketones (excluding diaryl/α,β-unsaturated/α-hetero) is 1. The highest BCUT2D eigenvalue weighted by Crippen LogP contribution is 2.38. The fourth-order valence-electron chi connectivity index (χ4n) is 2.73. The molecule has 0 amide bonds. The smallest absolute Gasteiger partial charge is 0.144 e. The number of carbonyl (C=O) groups is 1. The molecule has 3 nitrogen and oxygen atoms in total. The zero-order valence-corrected chi connectivity index (χ0v) is 10.5. The van der Waals surface area contributed by atoms with E-state index in [1.165, 1.54) is 5.57 Å². The number of carbonyl (C=O) groups excluding carboxylic acids is 1. The highest BCUT2D eigenvalue weighted by Gasteiger charge is 2.45. The topological polar surface area (TPSA) is 41.5 Å². The second-order valence-corrected chi connectivity index (χ2v) is 5.98. The molecule has 3 heteroatoms. The SMILES string of the molecule is CC(C)=CC1=NN[C@H]2CC(C)(C)CC(=O)[C@@H]12. The van der Waals surface area contributed by atoms with Gasteiger partial charge in [0.1, 0.15) is 5.78 Å². The summed E-state index contributed by atoms with van der Waals surface area (Å²) in [5, 5.41) is 4.31. The zero-order chi connectivity index (χ0) is 11.9. The van der Waals surface area contributed by atoms with Crippen molar-refractivity contribution >= 4 is 11.5 Å². The van der Waals surface area contributed by atoms with Crippen molar-refractivity contribution in [2.75, 3.05) is 0 Å². The molecule has 0 unspecified atom stereocenters. The monoisotopic (exact) mass is 220 g/mol. The molecule has 0 aromatic heterocycles. The quantitative estimate of drug-likeness (QED) is 0.736. The summed E-state index contributed by atoms with van der Waals surface area (Å²) in [6.45, 7) is 8.38. The van der Waals surface area contributed by atoms with E-state index >= 15 is 0 Å². The van der Waals surface area contributed by atoms with Crippen molar-refractivity contribution in [3.05, 3.63) is 11.6 Å². The van der Waals surface area contributed by atoms with Gasteiger partial charge in [-0.3, -0.25) is 4.79 Å². The molecule has 0 bridgehead atoms. The number of ketones is 1. The summed E-state index contributed by atoms with van der Waals surface area (Å²) in [4.78, 5) is 12.1. The van der Waals surface area contributed by atoms with Gasteiger partial charge in [-0.15, -0.1) is 0 Å². The largest absolute Gasteiger partial charge is 0.306 e. The molecule has 0 aromatic rings. The van der Waals surface area contributed by atoms with Crippen molar-refractivity contribution in [3.63, 3.8) is 0 Å². The number of nitrogens with zero attached hydrogens (tertiary/aromatic N) is 1. The van der Waals surface area contributed by atoms with Crippen LogP contribution in [0.5, 0.6) is 0 Å². The maximum Gasteiger partial charge on any atom is 0.144 e. The Balaban J connectivity index is 2.22. The number of hydrogen-bond acceptors (Lipinski definition) is 3. The predicted octanol–water partition coefficient (Wildman–Crippen LogP) is 2.29. The van der Waals surface area contributed by atoms with Gasteiger partial charge in [0.05, 0.1) is 17.7 Å². The van der Waals surface area contributed by atoms with E-state index in [0.717, 1.165) is 12.1 Å². The van der Waals surface area contributed by atoms with Crippen LogP contribution in [0.15, 0.2) is 16.8 Å². The van der Waals surface area contributed by atoms with Crippen LogP contribution in [0.4, 0.5) is 0 Å². The average molecular weight is 220 g/mol. The molecule has 16 heavy (non-hydrogen) atoms. The lowest BCUT2D eigenvalue weighted by Gasteiger charge is -2.35. The number of allylic oxidation sites excluding steroid dienone is 2. The van der Waals surface area contributed by atoms with Crippen LogP contribution >= 0.6 is 0 Å². The molecule has 2 atom stereocenters. The number of fused-ring (bicyclic) bond motifs is 1. The zero-order valence-electron chi connectivity index (χ0n) is 10.5. The lowest BCUT2D eigenvalue weighted by Crippen LogP contribution is -2.45. The lowest BCUT2D eigenvalue weighted by atomic mass is 9.69. The summed E-state index contributed by atoms with van der Waals surface area (Å²) < 4.78 is 0. The van der Waals surface area contributed by atoms with E-state index in [9.17, 15) is 4.79 Å². The molecular formula is C13H20N2O. The fraction of sp³-hybridized carbons (Fsp3) is 0.692. The Hall–Kier alpha value is -1.12. The van der Waals surface area contributed by atoms with Crippen LogP contribution < -0.4 is 5.43 Å². The molecular weight excluding hydrogens is 200 g/mol. The minimum atomic E-state index is -0.0112. The summed E-state index contributed by atoms with van der Waals surface area (Å²) in [6.07, 6.45) is 3.71. The third-order valence-corrected chi connectivity index (χ3v) is 3.29. The van der Waals surface area contributed by atoms with Gasteiger partial charge in [0.15, 0.2) is 0 Å². The van der Waals surface area contributed by atoms with E-state index < -0.39 is 0 Å². The maximum atomic E-state index is 12.1. The summed E-state index contributed by atoms with van der Waals surface area (Å²) in [5.74, 6) is 0.324. The first-order chi connectivity index (χ1) is 7.39. The van der Waals surface area contributed by atoms with Gasteiger partial charge in [0, 0.05) is 6.42 Å². The summed E-state index contributed by atoms with van der Waals surface area (Å²) >= 11 is 0. The Bertz CT molecular complexity index is 375. The van der Waals surface area contributed by atoms with Crippen molar-refractivity contribution < 1.29 is 4.79 Å². The highest BCUT2D eigenvalue weighted by molar-refractivity contribution is 6.12. The molecule has 0 aromatic carbocycles. The second kappa shape index (κ2) is 3.72. The van der Waals surface area contributed by atoms with E-state index in [-0.39, 0.29) is 17.4 Å². The van der Waals surface area contributed by atoms with Crippen LogP contribution in [0, 0.1) is 11.3 Å². The van der Waals surface area contributed by atoms with Crippen LogP contribution in [-0.2, 0) is 4.79 Å². The first-order valence-electron chi connectivity index (χ1n) is 5.90. The first kappa shape index (κ1) is 11.4. The van der Waals surface area contributed by atoms with Gasteiger partial charge in [-0.05, 0) is 31.8 Å². The van der Waals surface area contributed by atoms with Crippen LogP contribution in [-0.4, -0.2) is 17.5 Å². The molecule has 88 valence electrons. The van der Waals surface area contributed by atoms with Crippen molar-refractivity contribution in [1.29, 1.82) is 0 Å². The number of hydrogen-bond donors (Lipinski definition) is 1. The van der Waals surface area contributed by atoms with Gasteiger partial charge >= 0.3 is 0 Å². The van der Waals surface area contributed by atoms with Crippen LogP contribution in [0.3, 0.4) is 0 Å². The Morgan fingerprint density at radius 2 is 2.19 bits per heavy atom. The predicted molar refractivity (Wildman–Crippen MR) is 65.3 cm³/mol. The van der Waals surface area contributed by atoms with E-state index in [1.54, 1.807) is 0 Å². The molecule has 1 N–H and O–H groups in total. The van der Waals surface area contributed by atoms with Crippen LogP contribution in [0.1, 0.15) is 40.5 Å². The molecule has 1 fully saturated rings. The molecule has 0 saturated heterocycles. The number of rotatable bonds is 1. The van der Waals surface area contributed by atoms with Crippen molar-refractivity contribution in [2.24, 2.45) is 16.4 Å².